The van der Waals surface area contributed by atoms with E-state index < -0.39 is 0 Å². The molecule has 1 heterocycles. The van der Waals surface area contributed by atoms with Gasteiger partial charge in [-0.1, -0.05) is 158 Å². The Kier molecular flexibility index (Phi) is 6.17. The smallest absolute Gasteiger partial charge is 0.161 e. The zero-order chi connectivity index (χ0) is 30.5. The van der Waals surface area contributed by atoms with E-state index in [1.807, 2.05) is 6.07 Å². The largest absolute Gasteiger partial charge is 0.228 e. The van der Waals surface area contributed by atoms with Crippen molar-refractivity contribution in [3.05, 3.63) is 170 Å². The van der Waals surface area contributed by atoms with Crippen LogP contribution in [-0.4, -0.2) is 9.97 Å². The molecule has 0 unspecified atom stereocenters. The fraction of sp³-hybridized carbons (Fsp3) is 0. The van der Waals surface area contributed by atoms with Gasteiger partial charge in [0.25, 0.3) is 0 Å². The third-order valence-electron chi connectivity index (χ3n) is 9.05. The molecule has 0 bridgehead atoms. The van der Waals surface area contributed by atoms with Crippen LogP contribution in [0.25, 0.3) is 88.1 Å². The summed E-state index contributed by atoms with van der Waals surface area (Å²) in [5.74, 6) is 0.724. The maximum absolute atomic E-state index is 5.46. The van der Waals surface area contributed by atoms with Crippen LogP contribution in [0.5, 0.6) is 0 Å². The quantitative estimate of drug-likeness (QED) is 0.152. The van der Waals surface area contributed by atoms with Gasteiger partial charge in [0.1, 0.15) is 0 Å². The molecule has 1 aromatic heterocycles. The van der Waals surface area contributed by atoms with E-state index in [-0.39, 0.29) is 0 Å². The first-order valence-corrected chi connectivity index (χ1v) is 15.7. The Bertz CT molecular complexity index is 2580. The predicted octanol–water partition coefficient (Wildman–Crippen LogP) is 11.8. The first-order valence-electron chi connectivity index (χ1n) is 15.7. The highest BCUT2D eigenvalue weighted by atomic mass is 14.9. The first-order chi connectivity index (χ1) is 22.8. The number of benzene rings is 8. The maximum atomic E-state index is 5.46. The lowest BCUT2D eigenvalue weighted by Crippen LogP contribution is -1.99. The van der Waals surface area contributed by atoms with Crippen molar-refractivity contribution in [1.29, 1.82) is 0 Å². The molecule has 8 aromatic carbocycles. The molecular weight excluding hydrogens is 556 g/mol. The molecule has 0 saturated carbocycles. The Hall–Kier alpha value is -6.12. The van der Waals surface area contributed by atoms with Gasteiger partial charge in [0.05, 0.1) is 11.4 Å². The number of aromatic nitrogens is 2. The van der Waals surface area contributed by atoms with E-state index in [9.17, 15) is 0 Å². The summed E-state index contributed by atoms with van der Waals surface area (Å²) in [5, 5.41) is 9.52. The molecule has 0 saturated heterocycles. The minimum atomic E-state index is 0.724. The van der Waals surface area contributed by atoms with E-state index in [0.717, 1.165) is 44.9 Å². The molecule has 0 radical (unpaired) electrons. The highest BCUT2D eigenvalue weighted by Crippen LogP contribution is 2.42. The van der Waals surface area contributed by atoms with Gasteiger partial charge in [0.2, 0.25) is 0 Å². The van der Waals surface area contributed by atoms with Crippen molar-refractivity contribution in [1.82, 2.24) is 9.97 Å². The molecule has 214 valence electrons. The predicted molar refractivity (Wildman–Crippen MR) is 194 cm³/mol. The Morgan fingerprint density at radius 3 is 1.72 bits per heavy atom. The molecule has 46 heavy (non-hydrogen) atoms. The maximum Gasteiger partial charge on any atom is 0.161 e. The van der Waals surface area contributed by atoms with Crippen molar-refractivity contribution < 1.29 is 0 Å². The molecular formula is C44H28N2. The Balaban J connectivity index is 1.39. The van der Waals surface area contributed by atoms with Crippen molar-refractivity contribution >= 4 is 43.1 Å². The van der Waals surface area contributed by atoms with Crippen molar-refractivity contribution in [2.75, 3.05) is 0 Å². The highest BCUT2D eigenvalue weighted by molar-refractivity contribution is 6.21. The second kappa shape index (κ2) is 10.8. The van der Waals surface area contributed by atoms with E-state index in [0.29, 0.717) is 0 Å². The van der Waals surface area contributed by atoms with Gasteiger partial charge in [-0.3, -0.25) is 0 Å². The molecule has 0 aliphatic carbocycles. The van der Waals surface area contributed by atoms with Gasteiger partial charge in [-0.15, -0.1) is 0 Å². The molecule has 0 fully saturated rings. The number of nitrogens with zero attached hydrogens (tertiary/aromatic N) is 2. The molecule has 0 N–H and O–H groups in total. The van der Waals surface area contributed by atoms with Gasteiger partial charge >= 0.3 is 0 Å². The van der Waals surface area contributed by atoms with Crippen molar-refractivity contribution in [3.63, 3.8) is 0 Å². The molecule has 9 aromatic rings. The van der Waals surface area contributed by atoms with Gasteiger partial charge in [0.15, 0.2) is 5.82 Å². The Labute approximate surface area is 267 Å². The monoisotopic (exact) mass is 584 g/mol. The van der Waals surface area contributed by atoms with Gasteiger partial charge in [-0.2, -0.15) is 0 Å². The normalized spacial score (nSPS) is 11.5. The number of fused-ring (bicyclic) bond motifs is 5. The summed E-state index contributed by atoms with van der Waals surface area (Å²) in [6.07, 6.45) is 0. The van der Waals surface area contributed by atoms with Crippen molar-refractivity contribution in [2.24, 2.45) is 0 Å². The third kappa shape index (κ3) is 4.35. The van der Waals surface area contributed by atoms with Crippen LogP contribution >= 0.6 is 0 Å². The Morgan fingerprint density at radius 1 is 0.326 bits per heavy atom. The van der Waals surface area contributed by atoms with Crippen LogP contribution in [0.4, 0.5) is 0 Å². The third-order valence-corrected chi connectivity index (χ3v) is 9.05. The summed E-state index contributed by atoms with van der Waals surface area (Å²) in [5.41, 5.74) is 7.33. The van der Waals surface area contributed by atoms with Crippen LogP contribution in [-0.2, 0) is 0 Å². The summed E-state index contributed by atoms with van der Waals surface area (Å²) in [6, 6.07) is 60.3. The molecule has 9 rings (SSSR count). The fourth-order valence-corrected chi connectivity index (χ4v) is 6.93. The van der Waals surface area contributed by atoms with Crippen LogP contribution in [0.1, 0.15) is 0 Å². The number of rotatable bonds is 4. The van der Waals surface area contributed by atoms with E-state index in [1.54, 1.807) is 0 Å². The zero-order valence-electron chi connectivity index (χ0n) is 25.1. The lowest BCUT2D eigenvalue weighted by Gasteiger charge is -2.17. The Morgan fingerprint density at radius 2 is 0.891 bits per heavy atom. The standard InChI is InChI=1S/C44H28N2/c1-2-15-31(16-3-1)40-28-41(39-23-11-10-22-38(39)37-24-12-18-29-13-4-7-19-34(29)37)46-44(45-40)43-36-21-9-6-17-32(36)27-33-26-25-30-14-5-8-20-35(30)42(33)43/h1-28H. The minimum absolute atomic E-state index is 0.724. The summed E-state index contributed by atoms with van der Waals surface area (Å²) in [4.78, 5) is 10.8. The molecule has 0 aliphatic heterocycles. The van der Waals surface area contributed by atoms with E-state index in [1.165, 1.54) is 43.3 Å². The van der Waals surface area contributed by atoms with Gasteiger partial charge in [0, 0.05) is 22.1 Å². The number of hydrogen-bond donors (Lipinski definition) is 0. The lowest BCUT2D eigenvalue weighted by atomic mass is 9.91. The molecule has 2 heteroatoms. The van der Waals surface area contributed by atoms with Gasteiger partial charge in [-0.25, -0.2) is 9.97 Å². The SMILES string of the molecule is c1ccc(-c2cc(-c3ccccc3-c3cccc4ccccc34)nc(-c3c4ccccc4cc4ccc5ccccc5c34)n2)cc1. The van der Waals surface area contributed by atoms with E-state index in [2.05, 4.69) is 164 Å². The fourth-order valence-electron chi connectivity index (χ4n) is 6.93. The topological polar surface area (TPSA) is 25.8 Å². The molecule has 0 aliphatic rings. The van der Waals surface area contributed by atoms with Gasteiger partial charge in [-0.05, 0) is 61.0 Å². The number of hydrogen-bond acceptors (Lipinski definition) is 2. The van der Waals surface area contributed by atoms with Crippen LogP contribution in [0.15, 0.2) is 170 Å². The summed E-state index contributed by atoms with van der Waals surface area (Å²) in [6.45, 7) is 0. The molecule has 2 nitrogen and oxygen atoms in total. The highest BCUT2D eigenvalue weighted by Gasteiger charge is 2.19. The average Bonchev–Trinajstić information content (AvgIpc) is 3.13. The summed E-state index contributed by atoms with van der Waals surface area (Å²) in [7, 11) is 0. The van der Waals surface area contributed by atoms with Crippen LogP contribution in [0.3, 0.4) is 0 Å². The van der Waals surface area contributed by atoms with Crippen LogP contribution in [0.2, 0.25) is 0 Å². The van der Waals surface area contributed by atoms with Crippen LogP contribution in [0, 0.1) is 0 Å². The van der Waals surface area contributed by atoms with Crippen molar-refractivity contribution in [2.45, 2.75) is 0 Å². The first kappa shape index (κ1) is 26.3. The van der Waals surface area contributed by atoms with Crippen molar-refractivity contribution in [3.8, 4) is 45.0 Å². The lowest BCUT2D eigenvalue weighted by molar-refractivity contribution is 1.19. The molecule has 0 spiro atoms. The second-order valence-electron chi connectivity index (χ2n) is 11.8. The molecule has 0 atom stereocenters. The summed E-state index contributed by atoms with van der Waals surface area (Å²) >= 11 is 0. The van der Waals surface area contributed by atoms with Crippen LogP contribution < -0.4 is 0 Å². The molecule has 0 amide bonds. The minimum Gasteiger partial charge on any atom is -0.228 e. The average molecular weight is 585 g/mol. The second-order valence-corrected chi connectivity index (χ2v) is 11.8. The van der Waals surface area contributed by atoms with Gasteiger partial charge < -0.3 is 0 Å². The van der Waals surface area contributed by atoms with E-state index in [4.69, 9.17) is 9.97 Å². The summed E-state index contributed by atoms with van der Waals surface area (Å²) < 4.78 is 0. The zero-order valence-corrected chi connectivity index (χ0v) is 25.1. The van der Waals surface area contributed by atoms with E-state index >= 15 is 0 Å².